The molecule has 0 saturated heterocycles. The van der Waals surface area contributed by atoms with Crippen molar-refractivity contribution in [1.29, 1.82) is 0 Å². The molecule has 0 radical (unpaired) electrons. The molecular formula is C18H27N3O4S. The molecule has 0 heterocycles. The average Bonchev–Trinajstić information content (AvgIpc) is 3.00. The molecule has 1 atom stereocenters. The number of carbonyl (C=O) groups is 1. The minimum atomic E-state index is -3.54. The number of rotatable bonds is 5. The normalized spacial score (nSPS) is 19.4. The largest absolute Gasteiger partial charge is 0.444 e. The van der Waals surface area contributed by atoms with E-state index >= 15 is 0 Å². The molecule has 1 unspecified atom stereocenters. The first-order chi connectivity index (χ1) is 12.1. The van der Waals surface area contributed by atoms with Crippen molar-refractivity contribution in [2.24, 2.45) is 5.10 Å². The average molecular weight is 381 g/mol. The molecule has 0 aliphatic heterocycles. The van der Waals surface area contributed by atoms with E-state index in [-0.39, 0.29) is 17.9 Å². The van der Waals surface area contributed by atoms with Gasteiger partial charge in [-0.05, 0) is 39.2 Å². The van der Waals surface area contributed by atoms with Crippen molar-refractivity contribution in [3.63, 3.8) is 0 Å². The minimum absolute atomic E-state index is 0.0396. The van der Waals surface area contributed by atoms with Crippen LogP contribution in [0.25, 0.3) is 0 Å². The van der Waals surface area contributed by atoms with Crippen LogP contribution in [-0.4, -0.2) is 43.8 Å². The van der Waals surface area contributed by atoms with Crippen LogP contribution in [0.1, 0.15) is 45.6 Å². The second-order valence-electron chi connectivity index (χ2n) is 7.50. The summed E-state index contributed by atoms with van der Waals surface area (Å²) < 4.78 is 29.6. The van der Waals surface area contributed by atoms with Crippen LogP contribution in [0.4, 0.5) is 4.79 Å². The lowest BCUT2D eigenvalue weighted by atomic mass is 10.2. The Morgan fingerprint density at radius 1 is 1.31 bits per heavy atom. The summed E-state index contributed by atoms with van der Waals surface area (Å²) in [6.07, 6.45) is 1.53. The van der Waals surface area contributed by atoms with E-state index < -0.39 is 15.6 Å². The summed E-state index contributed by atoms with van der Waals surface area (Å²) in [6, 6.07) is 8.91. The van der Waals surface area contributed by atoms with Gasteiger partial charge in [-0.1, -0.05) is 30.3 Å². The van der Waals surface area contributed by atoms with Gasteiger partial charge < -0.3 is 9.64 Å². The van der Waals surface area contributed by atoms with Crippen molar-refractivity contribution in [3.05, 3.63) is 35.9 Å². The summed E-state index contributed by atoms with van der Waals surface area (Å²) in [5.41, 5.74) is 0.893. The summed E-state index contributed by atoms with van der Waals surface area (Å²) >= 11 is 0. The monoisotopic (exact) mass is 381 g/mol. The van der Waals surface area contributed by atoms with Crippen molar-refractivity contribution in [3.8, 4) is 0 Å². The number of benzene rings is 1. The standard InChI is InChI=1S/C18H27N3O4S/c1-18(2,3)25-17(22)21(4)16-11-10-15(12-16)19-20-26(23,24)13-14-8-6-5-7-9-14/h5-9,16,20H,10-13H2,1-4H3/b19-15-. The zero-order valence-electron chi connectivity index (χ0n) is 15.7. The number of amides is 1. The Morgan fingerprint density at radius 2 is 1.96 bits per heavy atom. The molecule has 26 heavy (non-hydrogen) atoms. The number of hydrogen-bond acceptors (Lipinski definition) is 5. The zero-order valence-corrected chi connectivity index (χ0v) is 16.5. The maximum Gasteiger partial charge on any atom is 0.410 e. The van der Waals surface area contributed by atoms with E-state index in [1.165, 1.54) is 0 Å². The van der Waals surface area contributed by atoms with Gasteiger partial charge in [-0.15, -0.1) is 0 Å². The quantitative estimate of drug-likeness (QED) is 0.795. The second-order valence-corrected chi connectivity index (χ2v) is 9.20. The van der Waals surface area contributed by atoms with Crippen LogP contribution >= 0.6 is 0 Å². The van der Waals surface area contributed by atoms with Gasteiger partial charge in [-0.2, -0.15) is 5.10 Å². The van der Waals surface area contributed by atoms with Crippen LogP contribution in [0.3, 0.4) is 0 Å². The van der Waals surface area contributed by atoms with Crippen LogP contribution in [0.15, 0.2) is 35.4 Å². The first-order valence-corrected chi connectivity index (χ1v) is 10.3. The molecule has 0 aromatic heterocycles. The van der Waals surface area contributed by atoms with Crippen LogP contribution in [-0.2, 0) is 20.5 Å². The number of nitrogens with zero attached hydrogens (tertiary/aromatic N) is 2. The van der Waals surface area contributed by atoms with Crippen LogP contribution in [0.5, 0.6) is 0 Å². The molecule has 1 aromatic carbocycles. The fourth-order valence-electron chi connectivity index (χ4n) is 2.68. The van der Waals surface area contributed by atoms with Crippen molar-refractivity contribution >= 4 is 21.8 Å². The Kier molecular flexibility index (Phi) is 6.28. The highest BCUT2D eigenvalue weighted by Gasteiger charge is 2.30. The number of hydrogen-bond donors (Lipinski definition) is 1. The summed E-state index contributed by atoms with van der Waals surface area (Å²) in [5.74, 6) is -0.119. The Balaban J connectivity index is 1.90. The fourth-order valence-corrected chi connectivity index (χ4v) is 3.65. The van der Waals surface area contributed by atoms with Gasteiger partial charge >= 0.3 is 6.09 Å². The lowest BCUT2D eigenvalue weighted by Gasteiger charge is -2.28. The SMILES string of the molecule is CN(C(=O)OC(C)(C)C)C1CC/C(=N/NS(=O)(=O)Cc2ccccc2)C1. The van der Waals surface area contributed by atoms with Gasteiger partial charge in [-0.25, -0.2) is 18.0 Å². The molecule has 0 bridgehead atoms. The molecule has 1 N–H and O–H groups in total. The Morgan fingerprint density at radius 3 is 2.58 bits per heavy atom. The Hall–Kier alpha value is -2.09. The predicted molar refractivity (Wildman–Crippen MR) is 101 cm³/mol. The van der Waals surface area contributed by atoms with Crippen LogP contribution in [0.2, 0.25) is 0 Å². The van der Waals surface area contributed by atoms with E-state index in [1.54, 1.807) is 36.2 Å². The number of nitrogens with one attached hydrogen (secondary N) is 1. The van der Waals surface area contributed by atoms with E-state index in [2.05, 4.69) is 9.93 Å². The lowest BCUT2D eigenvalue weighted by molar-refractivity contribution is 0.0230. The maximum atomic E-state index is 12.1. The number of hydrazone groups is 1. The first kappa shape index (κ1) is 20.2. The molecule has 8 heteroatoms. The molecule has 1 aromatic rings. The highest BCUT2D eigenvalue weighted by molar-refractivity contribution is 7.88. The minimum Gasteiger partial charge on any atom is -0.444 e. The van der Waals surface area contributed by atoms with E-state index in [0.29, 0.717) is 18.4 Å². The molecule has 7 nitrogen and oxygen atoms in total. The maximum absolute atomic E-state index is 12.1. The molecule has 1 aliphatic rings. The van der Waals surface area contributed by atoms with Gasteiger partial charge in [-0.3, -0.25) is 0 Å². The smallest absolute Gasteiger partial charge is 0.410 e. The van der Waals surface area contributed by atoms with Gasteiger partial charge in [0.1, 0.15) is 5.60 Å². The van der Waals surface area contributed by atoms with Crippen molar-refractivity contribution in [2.75, 3.05) is 7.05 Å². The summed E-state index contributed by atoms with van der Waals surface area (Å²) in [5, 5.41) is 4.06. The van der Waals surface area contributed by atoms with Crippen LogP contribution in [0, 0.1) is 0 Å². The zero-order chi connectivity index (χ0) is 19.4. The third-order valence-electron chi connectivity index (χ3n) is 4.01. The van der Waals surface area contributed by atoms with Gasteiger partial charge in [0.2, 0.25) is 0 Å². The highest BCUT2D eigenvalue weighted by Crippen LogP contribution is 2.22. The molecular weight excluding hydrogens is 354 g/mol. The second kappa shape index (κ2) is 8.07. The van der Waals surface area contributed by atoms with E-state index in [9.17, 15) is 13.2 Å². The number of sulfonamides is 1. The molecule has 1 fully saturated rings. The molecule has 2 rings (SSSR count). The van der Waals surface area contributed by atoms with Gasteiger partial charge in [0, 0.05) is 25.2 Å². The number of carbonyl (C=O) groups excluding carboxylic acids is 1. The van der Waals surface area contributed by atoms with Crippen LogP contribution < -0.4 is 4.83 Å². The first-order valence-electron chi connectivity index (χ1n) is 8.60. The summed E-state index contributed by atoms with van der Waals surface area (Å²) in [7, 11) is -1.85. The topological polar surface area (TPSA) is 88.1 Å². The van der Waals surface area contributed by atoms with E-state index in [1.807, 2.05) is 26.8 Å². The third kappa shape index (κ3) is 6.33. The lowest BCUT2D eigenvalue weighted by Crippen LogP contribution is -2.39. The third-order valence-corrected chi connectivity index (χ3v) is 5.09. The van der Waals surface area contributed by atoms with Gasteiger partial charge in [0.15, 0.2) is 0 Å². The van der Waals surface area contributed by atoms with Crippen molar-refractivity contribution in [2.45, 2.75) is 57.4 Å². The fraction of sp³-hybridized carbons (Fsp3) is 0.556. The molecule has 1 saturated carbocycles. The summed E-state index contributed by atoms with van der Waals surface area (Å²) in [6.45, 7) is 5.46. The van der Waals surface area contributed by atoms with Gasteiger partial charge in [0.25, 0.3) is 10.0 Å². The Labute approximate surface area is 155 Å². The molecule has 0 spiro atoms. The van der Waals surface area contributed by atoms with Crippen molar-refractivity contribution < 1.29 is 17.9 Å². The van der Waals surface area contributed by atoms with Crippen molar-refractivity contribution in [1.82, 2.24) is 9.73 Å². The molecule has 144 valence electrons. The van der Waals surface area contributed by atoms with E-state index in [0.717, 1.165) is 12.1 Å². The Bertz CT molecular complexity index is 754. The predicted octanol–water partition coefficient (Wildman–Crippen LogP) is 2.88. The summed E-state index contributed by atoms with van der Waals surface area (Å²) in [4.78, 5) is 16.0. The van der Waals surface area contributed by atoms with Gasteiger partial charge in [0.05, 0.1) is 5.75 Å². The molecule has 1 amide bonds. The number of ether oxygens (including phenoxy) is 1. The highest BCUT2D eigenvalue weighted by atomic mass is 32.2. The van der Waals surface area contributed by atoms with E-state index in [4.69, 9.17) is 4.74 Å². The molecule has 1 aliphatic carbocycles.